The van der Waals surface area contributed by atoms with Crippen molar-refractivity contribution in [2.45, 2.75) is 19.1 Å². The third kappa shape index (κ3) is 4.62. The van der Waals surface area contributed by atoms with Crippen LogP contribution >= 0.6 is 15.9 Å². The van der Waals surface area contributed by atoms with Crippen molar-refractivity contribution in [1.29, 1.82) is 0 Å². The van der Waals surface area contributed by atoms with E-state index in [1.165, 1.54) is 15.7 Å². The summed E-state index contributed by atoms with van der Waals surface area (Å²) in [4.78, 5) is 28.1. The molecule has 0 saturated carbocycles. The third-order valence-electron chi connectivity index (χ3n) is 3.62. The largest absolute Gasteiger partial charge is 0.465 e. The molecule has 0 aliphatic carbocycles. The number of β-amino-alcohol motifs (C(OH)–C–C–N with tert-alkyl or cyclic N) is 1. The van der Waals surface area contributed by atoms with Crippen LogP contribution in [-0.4, -0.2) is 78.9 Å². The van der Waals surface area contributed by atoms with Gasteiger partial charge < -0.3 is 25.2 Å². The van der Waals surface area contributed by atoms with Gasteiger partial charge in [-0.25, -0.2) is 4.79 Å². The van der Waals surface area contributed by atoms with Gasteiger partial charge in [-0.1, -0.05) is 0 Å². The Balaban J connectivity index is 1.94. The molecule has 0 aromatic carbocycles. The summed E-state index contributed by atoms with van der Waals surface area (Å²) < 4.78 is 1.76. The molecule has 2 N–H and O–H groups in total. The number of piperazine rings is 1. The Morgan fingerprint density at radius 2 is 2.04 bits per heavy atom. The summed E-state index contributed by atoms with van der Waals surface area (Å²) in [5.41, 5.74) is -1.14. The van der Waals surface area contributed by atoms with Gasteiger partial charge in [-0.3, -0.25) is 9.47 Å². The van der Waals surface area contributed by atoms with E-state index in [9.17, 15) is 20.0 Å². The molecule has 1 atom stereocenters. The molecular formula is C12H18BrN5O5. The van der Waals surface area contributed by atoms with Crippen LogP contribution in [0.4, 0.5) is 10.6 Å². The van der Waals surface area contributed by atoms with Crippen LogP contribution < -0.4 is 0 Å². The zero-order chi connectivity index (χ0) is 17.2. The Bertz CT molecular complexity index is 597. The molecule has 1 aromatic rings. The Hall–Kier alpha value is -1.72. The smallest absolute Gasteiger partial charge is 0.407 e. The number of amides is 1. The zero-order valence-corrected chi connectivity index (χ0v) is 14.1. The summed E-state index contributed by atoms with van der Waals surface area (Å²) in [6, 6.07) is 0. The Kier molecular flexibility index (Phi) is 5.22. The van der Waals surface area contributed by atoms with Crippen molar-refractivity contribution in [3.8, 4) is 0 Å². The summed E-state index contributed by atoms with van der Waals surface area (Å²) in [6.45, 7) is 3.96. The van der Waals surface area contributed by atoms with E-state index in [0.29, 0.717) is 32.7 Å². The number of carboxylic acid groups (broad SMARTS) is 1. The van der Waals surface area contributed by atoms with Gasteiger partial charge in [0.2, 0.25) is 0 Å². The highest BCUT2D eigenvalue weighted by atomic mass is 79.9. The molecule has 0 bridgehead atoms. The minimum absolute atomic E-state index is 0.133. The molecular weight excluding hydrogens is 374 g/mol. The number of imidazole rings is 1. The average molecular weight is 392 g/mol. The Morgan fingerprint density at radius 3 is 2.52 bits per heavy atom. The van der Waals surface area contributed by atoms with E-state index < -0.39 is 16.6 Å². The fourth-order valence-corrected chi connectivity index (χ4v) is 2.98. The van der Waals surface area contributed by atoms with Gasteiger partial charge in [0.1, 0.15) is 6.20 Å². The van der Waals surface area contributed by atoms with Crippen molar-refractivity contribution >= 4 is 27.8 Å². The van der Waals surface area contributed by atoms with Crippen LogP contribution in [0.25, 0.3) is 0 Å². The minimum atomic E-state index is -1.14. The first-order valence-corrected chi connectivity index (χ1v) is 7.77. The van der Waals surface area contributed by atoms with Gasteiger partial charge in [-0.2, -0.15) is 0 Å². The highest BCUT2D eigenvalue weighted by Gasteiger charge is 2.30. The van der Waals surface area contributed by atoms with Crippen LogP contribution in [-0.2, 0) is 6.54 Å². The molecule has 128 valence electrons. The number of hydrogen-bond donors (Lipinski definition) is 2. The van der Waals surface area contributed by atoms with Gasteiger partial charge >= 0.3 is 11.9 Å². The van der Waals surface area contributed by atoms with Crippen LogP contribution in [0.2, 0.25) is 0 Å². The van der Waals surface area contributed by atoms with Crippen molar-refractivity contribution in [1.82, 2.24) is 19.4 Å². The quantitative estimate of drug-likeness (QED) is 0.555. The monoisotopic (exact) mass is 391 g/mol. The minimum Gasteiger partial charge on any atom is -0.465 e. The number of aliphatic hydroxyl groups is 1. The summed E-state index contributed by atoms with van der Waals surface area (Å²) in [7, 11) is 0. The predicted octanol–water partition coefficient (Wildman–Crippen LogP) is 0.600. The number of rotatable bonds is 5. The first kappa shape index (κ1) is 17.6. The van der Waals surface area contributed by atoms with E-state index in [-0.39, 0.29) is 17.1 Å². The summed E-state index contributed by atoms with van der Waals surface area (Å²) in [6.07, 6.45) is 0.326. The molecule has 1 fully saturated rings. The van der Waals surface area contributed by atoms with Crippen molar-refractivity contribution in [3.05, 3.63) is 21.0 Å². The normalized spacial score (nSPS) is 18.7. The molecule has 0 unspecified atom stereocenters. The van der Waals surface area contributed by atoms with E-state index in [0.717, 1.165) is 0 Å². The molecule has 1 amide bonds. The second-order valence-corrected chi connectivity index (χ2v) is 6.51. The van der Waals surface area contributed by atoms with Crippen molar-refractivity contribution in [2.24, 2.45) is 0 Å². The topological polar surface area (TPSA) is 125 Å². The van der Waals surface area contributed by atoms with Crippen LogP contribution in [0.15, 0.2) is 10.9 Å². The van der Waals surface area contributed by atoms with Crippen LogP contribution in [0.1, 0.15) is 6.92 Å². The zero-order valence-electron chi connectivity index (χ0n) is 12.6. The molecule has 2 heterocycles. The first-order valence-electron chi connectivity index (χ1n) is 6.97. The maximum absolute atomic E-state index is 10.9. The standard InChI is InChI=1S/C12H18BrN5O5/c1-12(21,7-15-2-4-16(5-3-15)11(19)20)8-17-6-9(18(22)23)14-10(17)13/h6,21H,2-5,7-8H2,1H3,(H,19,20)/t12-/m0/s1. The molecule has 0 spiro atoms. The number of halogens is 1. The van der Waals surface area contributed by atoms with Gasteiger partial charge in [0.05, 0.1) is 12.1 Å². The third-order valence-corrected chi connectivity index (χ3v) is 4.25. The highest BCUT2D eigenvalue weighted by molar-refractivity contribution is 9.10. The summed E-state index contributed by atoms with van der Waals surface area (Å²) >= 11 is 3.14. The maximum atomic E-state index is 10.9. The van der Waals surface area contributed by atoms with Crippen molar-refractivity contribution in [2.75, 3.05) is 32.7 Å². The fraction of sp³-hybridized carbons (Fsp3) is 0.667. The van der Waals surface area contributed by atoms with Gasteiger partial charge in [0.25, 0.3) is 4.73 Å². The van der Waals surface area contributed by atoms with Gasteiger partial charge in [0.15, 0.2) is 0 Å². The van der Waals surface area contributed by atoms with Crippen LogP contribution in [0.5, 0.6) is 0 Å². The Morgan fingerprint density at radius 1 is 1.43 bits per heavy atom. The Labute approximate surface area is 140 Å². The predicted molar refractivity (Wildman–Crippen MR) is 83.2 cm³/mol. The summed E-state index contributed by atoms with van der Waals surface area (Å²) in [5, 5.41) is 30.2. The molecule has 10 nitrogen and oxygen atoms in total. The second kappa shape index (κ2) is 6.81. The molecule has 1 aliphatic rings. The summed E-state index contributed by atoms with van der Waals surface area (Å²) in [5.74, 6) is -0.289. The molecule has 1 saturated heterocycles. The number of aromatic nitrogens is 2. The second-order valence-electron chi connectivity index (χ2n) is 5.80. The lowest BCUT2D eigenvalue weighted by atomic mass is 10.1. The van der Waals surface area contributed by atoms with Crippen molar-refractivity contribution < 1.29 is 19.9 Å². The van der Waals surface area contributed by atoms with E-state index in [4.69, 9.17) is 5.11 Å². The van der Waals surface area contributed by atoms with Crippen LogP contribution in [0.3, 0.4) is 0 Å². The average Bonchev–Trinajstić information content (AvgIpc) is 2.79. The number of carbonyl (C=O) groups is 1. The van der Waals surface area contributed by atoms with E-state index in [2.05, 4.69) is 20.9 Å². The lowest BCUT2D eigenvalue weighted by molar-refractivity contribution is -0.389. The van der Waals surface area contributed by atoms with Gasteiger partial charge in [-0.15, -0.1) is 0 Å². The van der Waals surface area contributed by atoms with E-state index in [1.807, 2.05) is 4.90 Å². The molecule has 2 rings (SSSR count). The molecule has 23 heavy (non-hydrogen) atoms. The molecule has 1 aromatic heterocycles. The number of hydrogen-bond acceptors (Lipinski definition) is 6. The fourth-order valence-electron chi connectivity index (χ4n) is 2.58. The van der Waals surface area contributed by atoms with E-state index in [1.54, 1.807) is 6.92 Å². The highest BCUT2D eigenvalue weighted by Crippen LogP contribution is 2.20. The first-order chi connectivity index (χ1) is 10.7. The van der Waals surface area contributed by atoms with E-state index >= 15 is 0 Å². The van der Waals surface area contributed by atoms with Crippen molar-refractivity contribution in [3.63, 3.8) is 0 Å². The number of nitro groups is 1. The van der Waals surface area contributed by atoms with Crippen LogP contribution in [0, 0.1) is 10.1 Å². The molecule has 0 radical (unpaired) electrons. The number of nitrogens with zero attached hydrogens (tertiary/aromatic N) is 5. The molecule has 1 aliphatic heterocycles. The molecule has 11 heteroatoms. The lowest BCUT2D eigenvalue weighted by Gasteiger charge is -2.37. The lowest BCUT2D eigenvalue weighted by Crippen LogP contribution is -2.53. The van der Waals surface area contributed by atoms with Gasteiger partial charge in [0, 0.05) is 48.7 Å². The maximum Gasteiger partial charge on any atom is 0.407 e. The SMILES string of the molecule is C[C@](O)(CN1CCN(C(=O)O)CC1)Cn1cc([N+](=O)[O-])nc1Br. The van der Waals surface area contributed by atoms with Gasteiger partial charge in [-0.05, 0) is 16.8 Å².